The number of carbonyl (C=O) groups is 2. The molecule has 7 heteroatoms. The fraction of sp³-hybridized carbons (Fsp3) is 0.450. The van der Waals surface area contributed by atoms with Gasteiger partial charge in [0.25, 0.3) is 11.8 Å². The van der Waals surface area contributed by atoms with E-state index in [1.807, 2.05) is 29.0 Å². The van der Waals surface area contributed by atoms with Crippen LogP contribution in [0.5, 0.6) is 0 Å². The molecule has 2 amide bonds. The Balaban J connectivity index is 1.95. The third-order valence-corrected chi connectivity index (χ3v) is 6.13. The van der Waals surface area contributed by atoms with Crippen LogP contribution in [-0.2, 0) is 0 Å². The van der Waals surface area contributed by atoms with Gasteiger partial charge >= 0.3 is 0 Å². The van der Waals surface area contributed by atoms with Gasteiger partial charge in [0, 0.05) is 30.4 Å². The lowest BCUT2D eigenvalue weighted by molar-refractivity contribution is 0.0938. The summed E-state index contributed by atoms with van der Waals surface area (Å²) in [7, 11) is 1.48. The molecule has 0 unspecified atom stereocenters. The van der Waals surface area contributed by atoms with Gasteiger partial charge in [-0.3, -0.25) is 14.4 Å². The number of carbonyl (C=O) groups excluding carboxylic acids is 2. The highest BCUT2D eigenvalue weighted by atomic mass is 32.1. The molecule has 2 heterocycles. The average molecular weight is 388 g/mol. The van der Waals surface area contributed by atoms with Crippen molar-refractivity contribution in [2.24, 2.45) is 0 Å². The van der Waals surface area contributed by atoms with Crippen LogP contribution in [0.25, 0.3) is 0 Å². The molecule has 0 aliphatic heterocycles. The fourth-order valence-corrected chi connectivity index (χ4v) is 4.26. The molecule has 1 aliphatic rings. The van der Waals surface area contributed by atoms with Gasteiger partial charge in [-0.05, 0) is 31.2 Å². The highest BCUT2D eigenvalue weighted by molar-refractivity contribution is 7.10. The zero-order valence-corrected chi connectivity index (χ0v) is 16.5. The van der Waals surface area contributed by atoms with Gasteiger partial charge in [0.15, 0.2) is 0 Å². The highest BCUT2D eigenvalue weighted by Gasteiger charge is 2.23. The Morgan fingerprint density at radius 2 is 1.81 bits per heavy atom. The highest BCUT2D eigenvalue weighted by Crippen LogP contribution is 2.28. The van der Waals surface area contributed by atoms with Crippen LogP contribution in [0.2, 0.25) is 0 Å². The number of hydrogen-bond donors (Lipinski definition) is 2. The number of hydrogen-bond acceptors (Lipinski definition) is 4. The average Bonchev–Trinajstić information content (AvgIpc) is 3.23. The summed E-state index contributed by atoms with van der Waals surface area (Å²) in [6.45, 7) is 1.88. The lowest BCUT2D eigenvalue weighted by Gasteiger charge is -2.25. The summed E-state index contributed by atoms with van der Waals surface area (Å²) in [6.07, 6.45) is 8.61. The van der Waals surface area contributed by atoms with Gasteiger partial charge in [0.1, 0.15) is 11.1 Å². The molecule has 0 bridgehead atoms. The number of aromatic nitrogens is 1. The van der Waals surface area contributed by atoms with Crippen LogP contribution < -0.4 is 16.1 Å². The maximum absolute atomic E-state index is 12.8. The minimum Gasteiger partial charge on any atom is -0.355 e. The Bertz CT molecular complexity index is 867. The predicted molar refractivity (Wildman–Crippen MR) is 106 cm³/mol. The molecule has 1 atom stereocenters. The van der Waals surface area contributed by atoms with Crippen LogP contribution in [0.4, 0.5) is 0 Å². The van der Waals surface area contributed by atoms with Gasteiger partial charge in [0.2, 0.25) is 5.43 Å². The number of amides is 2. The van der Waals surface area contributed by atoms with Gasteiger partial charge < -0.3 is 15.2 Å². The molecule has 0 saturated heterocycles. The van der Waals surface area contributed by atoms with Crippen molar-refractivity contribution in [2.45, 2.75) is 51.1 Å². The summed E-state index contributed by atoms with van der Waals surface area (Å²) >= 11 is 1.55. The number of thiophene rings is 1. The van der Waals surface area contributed by atoms with Gasteiger partial charge in [-0.2, -0.15) is 0 Å². The first kappa shape index (κ1) is 19.4. The zero-order valence-electron chi connectivity index (χ0n) is 15.7. The Morgan fingerprint density at radius 1 is 1.15 bits per heavy atom. The lowest BCUT2D eigenvalue weighted by Crippen LogP contribution is -2.35. The van der Waals surface area contributed by atoms with Gasteiger partial charge in [-0.25, -0.2) is 0 Å². The number of pyridine rings is 1. The number of rotatable bonds is 5. The standard InChI is InChI=1S/C20H25N3O3S/c1-13(17-9-6-10-27-17)22-20(26)16-12-23(14-7-4-3-5-8-14)11-15(18(16)24)19(25)21-2/h6,9-14H,3-5,7-8H2,1-2H3,(H,21,25)(H,22,26)/t13-/m1/s1. The second-order valence-electron chi connectivity index (χ2n) is 6.94. The van der Waals surface area contributed by atoms with Crippen LogP contribution in [0, 0.1) is 0 Å². The second-order valence-corrected chi connectivity index (χ2v) is 7.92. The first-order valence-corrected chi connectivity index (χ1v) is 10.2. The van der Waals surface area contributed by atoms with Crippen LogP contribution >= 0.6 is 11.3 Å². The van der Waals surface area contributed by atoms with Crippen LogP contribution in [0.3, 0.4) is 0 Å². The third kappa shape index (κ3) is 4.30. The van der Waals surface area contributed by atoms with E-state index < -0.39 is 17.2 Å². The van der Waals surface area contributed by atoms with E-state index in [1.54, 1.807) is 23.7 Å². The molecule has 1 aliphatic carbocycles. The van der Waals surface area contributed by atoms with E-state index in [-0.39, 0.29) is 23.2 Å². The van der Waals surface area contributed by atoms with E-state index in [0.29, 0.717) is 0 Å². The van der Waals surface area contributed by atoms with Gasteiger partial charge in [-0.1, -0.05) is 25.3 Å². The molecule has 0 spiro atoms. The molecule has 1 fully saturated rings. The quantitative estimate of drug-likeness (QED) is 0.826. The molecule has 0 radical (unpaired) electrons. The largest absolute Gasteiger partial charge is 0.355 e. The van der Waals surface area contributed by atoms with E-state index in [9.17, 15) is 14.4 Å². The molecule has 144 valence electrons. The molecule has 6 nitrogen and oxygen atoms in total. The SMILES string of the molecule is CNC(=O)c1cn(C2CCCCC2)cc(C(=O)N[C@H](C)c2cccs2)c1=O. The monoisotopic (exact) mass is 387 g/mol. The maximum atomic E-state index is 12.8. The van der Waals surface area contributed by atoms with Crippen LogP contribution in [-0.4, -0.2) is 23.4 Å². The Morgan fingerprint density at radius 3 is 2.41 bits per heavy atom. The Kier molecular flexibility index (Phi) is 6.11. The minimum atomic E-state index is -0.530. The topological polar surface area (TPSA) is 80.2 Å². The molecule has 3 rings (SSSR count). The van der Waals surface area contributed by atoms with Crippen molar-refractivity contribution in [3.05, 3.63) is 56.1 Å². The van der Waals surface area contributed by atoms with Crippen molar-refractivity contribution in [1.29, 1.82) is 0 Å². The third-order valence-electron chi connectivity index (χ3n) is 5.08. The first-order valence-electron chi connectivity index (χ1n) is 9.33. The molecule has 2 aromatic heterocycles. The maximum Gasteiger partial charge on any atom is 0.257 e. The Labute approximate surface area is 162 Å². The normalized spacial score (nSPS) is 15.9. The minimum absolute atomic E-state index is 0.0134. The van der Waals surface area contributed by atoms with E-state index in [2.05, 4.69) is 10.6 Å². The Hall–Kier alpha value is -2.41. The molecular formula is C20H25N3O3S. The van der Waals surface area contributed by atoms with E-state index in [0.717, 1.165) is 30.6 Å². The summed E-state index contributed by atoms with van der Waals surface area (Å²) in [5.74, 6) is -0.915. The summed E-state index contributed by atoms with van der Waals surface area (Å²) in [5, 5.41) is 7.32. The van der Waals surface area contributed by atoms with Crippen molar-refractivity contribution in [2.75, 3.05) is 7.05 Å². The van der Waals surface area contributed by atoms with Crippen molar-refractivity contribution in [3.8, 4) is 0 Å². The summed E-state index contributed by atoms with van der Waals surface area (Å²) in [4.78, 5) is 38.8. The summed E-state index contributed by atoms with van der Waals surface area (Å²) < 4.78 is 1.88. The number of nitrogens with one attached hydrogen (secondary N) is 2. The van der Waals surface area contributed by atoms with Gasteiger partial charge in [0.05, 0.1) is 6.04 Å². The van der Waals surface area contributed by atoms with E-state index in [4.69, 9.17) is 0 Å². The first-order chi connectivity index (χ1) is 13.0. The van der Waals surface area contributed by atoms with Crippen molar-refractivity contribution in [3.63, 3.8) is 0 Å². The molecular weight excluding hydrogens is 362 g/mol. The number of nitrogens with zero attached hydrogens (tertiary/aromatic N) is 1. The molecule has 2 N–H and O–H groups in total. The van der Waals surface area contributed by atoms with Gasteiger partial charge in [-0.15, -0.1) is 11.3 Å². The summed E-state index contributed by atoms with van der Waals surface area (Å²) in [6, 6.07) is 3.87. The smallest absolute Gasteiger partial charge is 0.257 e. The van der Waals surface area contributed by atoms with Crippen molar-refractivity contribution in [1.82, 2.24) is 15.2 Å². The van der Waals surface area contributed by atoms with Crippen LogP contribution in [0.15, 0.2) is 34.7 Å². The van der Waals surface area contributed by atoms with E-state index >= 15 is 0 Å². The zero-order chi connectivity index (χ0) is 19.4. The van der Waals surface area contributed by atoms with Crippen molar-refractivity contribution >= 4 is 23.2 Å². The fourth-order valence-electron chi connectivity index (χ4n) is 3.53. The molecule has 27 heavy (non-hydrogen) atoms. The lowest BCUT2D eigenvalue weighted by atomic mass is 9.95. The summed E-state index contributed by atoms with van der Waals surface area (Å²) in [5.41, 5.74) is -0.498. The van der Waals surface area contributed by atoms with E-state index in [1.165, 1.54) is 13.5 Å². The predicted octanol–water partition coefficient (Wildman–Crippen LogP) is 3.27. The second kappa shape index (κ2) is 8.52. The van der Waals surface area contributed by atoms with Crippen LogP contribution in [0.1, 0.15) is 76.7 Å². The molecule has 0 aromatic carbocycles. The van der Waals surface area contributed by atoms with Crippen molar-refractivity contribution < 1.29 is 9.59 Å². The molecule has 1 saturated carbocycles. The molecule has 2 aromatic rings.